The van der Waals surface area contributed by atoms with Crippen LogP contribution in [0.2, 0.25) is 0 Å². The molecule has 13 heavy (non-hydrogen) atoms. The highest BCUT2D eigenvalue weighted by Crippen LogP contribution is 2.21. The molecule has 1 saturated heterocycles. The summed E-state index contributed by atoms with van der Waals surface area (Å²) < 4.78 is 4.45. The molecule has 1 rings (SSSR count). The van der Waals surface area contributed by atoms with Crippen molar-refractivity contribution in [2.24, 2.45) is 0 Å². The fourth-order valence-electron chi connectivity index (χ4n) is 1.26. The van der Waals surface area contributed by atoms with Crippen LogP contribution >= 0.6 is 0 Å². The highest BCUT2D eigenvalue weighted by atomic mass is 16.5. The molecule has 1 unspecified atom stereocenters. The second kappa shape index (κ2) is 3.94. The van der Waals surface area contributed by atoms with E-state index in [0.29, 0.717) is 12.8 Å². The summed E-state index contributed by atoms with van der Waals surface area (Å²) in [4.78, 5) is 23.3. The Hall–Kier alpha value is -1.50. The Bertz CT molecular complexity index is 267. The summed E-state index contributed by atoms with van der Waals surface area (Å²) in [6.07, 6.45) is 6.05. The normalized spacial score (nSPS) is 20.5. The van der Waals surface area contributed by atoms with E-state index < -0.39 is 5.97 Å². The molecule has 0 radical (unpaired) electrons. The van der Waals surface area contributed by atoms with Crippen molar-refractivity contribution in [3.8, 4) is 12.3 Å². The first-order valence-electron chi connectivity index (χ1n) is 3.98. The Morgan fingerprint density at radius 3 is 3.00 bits per heavy atom. The molecule has 4 nitrogen and oxygen atoms in total. The van der Waals surface area contributed by atoms with Crippen molar-refractivity contribution in [2.45, 2.75) is 18.9 Å². The van der Waals surface area contributed by atoms with Gasteiger partial charge in [-0.2, -0.15) is 0 Å². The van der Waals surface area contributed by atoms with Crippen molar-refractivity contribution in [1.29, 1.82) is 0 Å². The van der Waals surface area contributed by atoms with Crippen molar-refractivity contribution in [3.05, 3.63) is 0 Å². The number of ether oxygens (including phenoxy) is 1. The molecule has 1 aliphatic rings. The smallest absolute Gasteiger partial charge is 0.325 e. The molecular formula is C9H11NO3. The summed E-state index contributed by atoms with van der Waals surface area (Å²) in [6, 6.07) is 0.0246. The molecule has 70 valence electrons. The minimum atomic E-state index is -0.407. The van der Waals surface area contributed by atoms with E-state index >= 15 is 0 Å². The first kappa shape index (κ1) is 9.59. The number of likely N-dealkylation sites (tertiary alicyclic amines) is 1. The van der Waals surface area contributed by atoms with E-state index in [0.717, 1.165) is 0 Å². The summed E-state index contributed by atoms with van der Waals surface area (Å²) in [5, 5.41) is 0. The highest BCUT2D eigenvalue weighted by Gasteiger charge is 2.36. The lowest BCUT2D eigenvalue weighted by molar-refractivity contribution is -0.156. The van der Waals surface area contributed by atoms with Gasteiger partial charge in [0.25, 0.3) is 0 Å². The minimum absolute atomic E-state index is 0.0156. The zero-order valence-corrected chi connectivity index (χ0v) is 7.45. The van der Waals surface area contributed by atoms with Crippen LogP contribution in [-0.2, 0) is 14.3 Å². The standard InChI is InChI=1S/C9H11NO3/c1-3-4-7-5-8(11)10(7)6-9(12)13-2/h1,7H,4-6H2,2H3. The van der Waals surface area contributed by atoms with Crippen LogP contribution in [0, 0.1) is 12.3 Å². The van der Waals surface area contributed by atoms with Gasteiger partial charge in [-0.3, -0.25) is 9.59 Å². The molecule has 1 aliphatic heterocycles. The SMILES string of the molecule is C#CCC1CC(=O)N1CC(=O)OC. The van der Waals surface area contributed by atoms with Crippen molar-refractivity contribution in [2.75, 3.05) is 13.7 Å². The predicted octanol–water partition coefficient (Wildman–Crippen LogP) is -0.216. The van der Waals surface area contributed by atoms with E-state index in [-0.39, 0.29) is 18.5 Å². The van der Waals surface area contributed by atoms with Gasteiger partial charge < -0.3 is 9.64 Å². The van der Waals surface area contributed by atoms with Crippen LogP contribution in [0.3, 0.4) is 0 Å². The fourth-order valence-corrected chi connectivity index (χ4v) is 1.26. The molecule has 0 aliphatic carbocycles. The van der Waals surface area contributed by atoms with E-state index in [4.69, 9.17) is 6.42 Å². The van der Waals surface area contributed by atoms with Gasteiger partial charge in [0.1, 0.15) is 6.54 Å². The number of nitrogens with zero attached hydrogens (tertiary/aromatic N) is 1. The number of β-lactam (4-membered cyclic amide) rings is 1. The molecule has 0 aromatic rings. The molecular weight excluding hydrogens is 170 g/mol. The van der Waals surface area contributed by atoms with Gasteiger partial charge in [0.2, 0.25) is 5.91 Å². The number of terminal acetylenes is 1. The van der Waals surface area contributed by atoms with Crippen LogP contribution in [0.25, 0.3) is 0 Å². The van der Waals surface area contributed by atoms with Gasteiger partial charge in [0, 0.05) is 12.8 Å². The van der Waals surface area contributed by atoms with Crippen LogP contribution in [-0.4, -0.2) is 36.5 Å². The average molecular weight is 181 g/mol. The minimum Gasteiger partial charge on any atom is -0.468 e. The van der Waals surface area contributed by atoms with E-state index in [2.05, 4.69) is 10.7 Å². The van der Waals surface area contributed by atoms with Crippen LogP contribution in [0.15, 0.2) is 0 Å². The number of carbonyl (C=O) groups is 2. The van der Waals surface area contributed by atoms with Crippen molar-refractivity contribution >= 4 is 11.9 Å². The number of methoxy groups -OCH3 is 1. The monoisotopic (exact) mass is 181 g/mol. The maximum Gasteiger partial charge on any atom is 0.325 e. The number of rotatable bonds is 3. The third-order valence-electron chi connectivity index (χ3n) is 2.05. The molecule has 1 atom stereocenters. The molecule has 0 aromatic carbocycles. The molecule has 0 saturated carbocycles. The first-order chi connectivity index (χ1) is 6.19. The average Bonchev–Trinajstić information content (AvgIpc) is 2.13. The number of amides is 1. The number of hydrogen-bond acceptors (Lipinski definition) is 3. The third kappa shape index (κ3) is 2.00. The van der Waals surface area contributed by atoms with Crippen LogP contribution in [0.1, 0.15) is 12.8 Å². The summed E-state index contributed by atoms with van der Waals surface area (Å²) in [6.45, 7) is 0.0156. The zero-order valence-electron chi connectivity index (χ0n) is 7.45. The summed E-state index contributed by atoms with van der Waals surface area (Å²) >= 11 is 0. The van der Waals surface area contributed by atoms with Crippen molar-refractivity contribution in [1.82, 2.24) is 4.90 Å². The van der Waals surface area contributed by atoms with Gasteiger partial charge in [0.15, 0.2) is 0 Å². The van der Waals surface area contributed by atoms with Gasteiger partial charge in [-0.25, -0.2) is 0 Å². The van der Waals surface area contributed by atoms with Crippen molar-refractivity contribution in [3.63, 3.8) is 0 Å². The first-order valence-corrected chi connectivity index (χ1v) is 3.98. The van der Waals surface area contributed by atoms with Crippen LogP contribution in [0.5, 0.6) is 0 Å². The van der Waals surface area contributed by atoms with Gasteiger partial charge >= 0.3 is 5.97 Å². The lowest BCUT2D eigenvalue weighted by atomic mass is 9.99. The summed E-state index contributed by atoms with van der Waals surface area (Å²) in [5.41, 5.74) is 0. The second-order valence-electron chi connectivity index (χ2n) is 2.86. The zero-order chi connectivity index (χ0) is 9.84. The topological polar surface area (TPSA) is 46.6 Å². The lowest BCUT2D eigenvalue weighted by Crippen LogP contribution is -2.54. The molecule has 1 amide bonds. The van der Waals surface area contributed by atoms with Gasteiger partial charge in [-0.15, -0.1) is 12.3 Å². The second-order valence-corrected chi connectivity index (χ2v) is 2.86. The summed E-state index contributed by atoms with van der Waals surface area (Å²) in [7, 11) is 1.29. The van der Waals surface area contributed by atoms with Crippen molar-refractivity contribution < 1.29 is 14.3 Å². The van der Waals surface area contributed by atoms with E-state index in [1.165, 1.54) is 12.0 Å². The van der Waals surface area contributed by atoms with E-state index in [1.54, 1.807) is 0 Å². The van der Waals surface area contributed by atoms with E-state index in [1.807, 2.05) is 0 Å². The maximum atomic E-state index is 11.0. The highest BCUT2D eigenvalue weighted by molar-refractivity contribution is 5.87. The number of esters is 1. The van der Waals surface area contributed by atoms with Gasteiger partial charge in [-0.1, -0.05) is 0 Å². The third-order valence-corrected chi connectivity index (χ3v) is 2.05. The Morgan fingerprint density at radius 2 is 2.54 bits per heavy atom. The maximum absolute atomic E-state index is 11.0. The predicted molar refractivity (Wildman–Crippen MR) is 45.6 cm³/mol. The molecule has 0 bridgehead atoms. The quantitative estimate of drug-likeness (QED) is 0.343. The molecule has 0 aromatic heterocycles. The fraction of sp³-hybridized carbons (Fsp3) is 0.556. The summed E-state index contributed by atoms with van der Waals surface area (Å²) in [5.74, 6) is 2.02. The largest absolute Gasteiger partial charge is 0.468 e. The van der Waals surface area contributed by atoms with Gasteiger partial charge in [0.05, 0.1) is 13.2 Å². The Balaban J connectivity index is 2.43. The number of hydrogen-bond donors (Lipinski definition) is 0. The Labute approximate surface area is 76.8 Å². The van der Waals surface area contributed by atoms with Crippen LogP contribution in [0.4, 0.5) is 0 Å². The molecule has 0 N–H and O–H groups in total. The molecule has 1 fully saturated rings. The molecule has 1 heterocycles. The van der Waals surface area contributed by atoms with E-state index in [9.17, 15) is 9.59 Å². The molecule has 0 spiro atoms. The number of carbonyl (C=O) groups excluding carboxylic acids is 2. The Kier molecular flexibility index (Phi) is 2.91. The van der Waals surface area contributed by atoms with Gasteiger partial charge in [-0.05, 0) is 0 Å². The lowest BCUT2D eigenvalue weighted by Gasteiger charge is -2.38. The Morgan fingerprint density at radius 1 is 1.85 bits per heavy atom. The molecule has 4 heteroatoms. The van der Waals surface area contributed by atoms with Crippen LogP contribution < -0.4 is 0 Å².